The van der Waals surface area contributed by atoms with Crippen LogP contribution in [-0.2, 0) is 14.4 Å². The van der Waals surface area contributed by atoms with Crippen LogP contribution in [-0.4, -0.2) is 58.1 Å². The summed E-state index contributed by atoms with van der Waals surface area (Å²) in [4.78, 5) is 28.8. The molecule has 7 nitrogen and oxygen atoms in total. The smallest absolute Gasteiger partial charge is 0.326 e. The van der Waals surface area contributed by atoms with Crippen molar-refractivity contribution in [1.82, 2.24) is 5.32 Å². The van der Waals surface area contributed by atoms with E-state index in [0.29, 0.717) is 36.3 Å². The first-order chi connectivity index (χ1) is 17.1. The number of amides is 1. The Kier molecular flexibility index (Phi) is 7.83. The Hall–Kier alpha value is -1.98. The van der Waals surface area contributed by atoms with Gasteiger partial charge in [-0.15, -0.1) is 6.42 Å². The number of aliphatic carboxylic acids is 1. The van der Waals surface area contributed by atoms with Gasteiger partial charge >= 0.3 is 5.97 Å². The summed E-state index contributed by atoms with van der Waals surface area (Å²) in [6.45, 7) is 4.32. The second-order valence-electron chi connectivity index (χ2n) is 11.6. The number of hydrogen-bond donors (Lipinski definition) is 3. The van der Waals surface area contributed by atoms with Gasteiger partial charge in [0.05, 0.1) is 5.71 Å². The zero-order chi connectivity index (χ0) is 26.1. The molecule has 0 aromatic carbocycles. The number of aliphatic hydroxyl groups is 1. The summed E-state index contributed by atoms with van der Waals surface area (Å²) < 4.78 is 0. The number of nitrogens with one attached hydrogen (secondary N) is 1. The SMILES string of the molecule is C#C[C@@]1(O)CC[C@H]2[C@@H]3CCC4=CC(=NOCC(=O)N[C@H](CCSC)C(=O)O)CC[C@]4(C)[C@H]3CC[C@@]21C. The van der Waals surface area contributed by atoms with Crippen LogP contribution in [0.25, 0.3) is 0 Å². The van der Waals surface area contributed by atoms with Gasteiger partial charge in [0.2, 0.25) is 0 Å². The van der Waals surface area contributed by atoms with Crippen LogP contribution >= 0.6 is 11.8 Å². The first-order valence-corrected chi connectivity index (χ1v) is 14.6. The number of thioether (sulfide) groups is 1. The molecule has 36 heavy (non-hydrogen) atoms. The zero-order valence-corrected chi connectivity index (χ0v) is 22.5. The van der Waals surface area contributed by atoms with Crippen LogP contribution in [0.2, 0.25) is 0 Å². The molecule has 0 bridgehead atoms. The van der Waals surface area contributed by atoms with Crippen molar-refractivity contribution in [3.05, 3.63) is 11.6 Å². The monoisotopic (exact) mass is 516 g/mol. The first kappa shape index (κ1) is 27.1. The van der Waals surface area contributed by atoms with Crippen molar-refractivity contribution in [3.63, 3.8) is 0 Å². The molecule has 3 N–H and O–H groups in total. The first-order valence-electron chi connectivity index (χ1n) is 13.2. The van der Waals surface area contributed by atoms with Gasteiger partial charge in [0.25, 0.3) is 5.91 Å². The number of terminal acetylenes is 1. The third kappa shape index (κ3) is 4.69. The molecular formula is C28H40N2O5S. The molecule has 0 unspecified atom stereocenters. The van der Waals surface area contributed by atoms with Crippen LogP contribution in [0.1, 0.15) is 71.6 Å². The van der Waals surface area contributed by atoms with Crippen LogP contribution in [0.4, 0.5) is 0 Å². The molecule has 0 spiro atoms. The summed E-state index contributed by atoms with van der Waals surface area (Å²) >= 11 is 1.54. The van der Waals surface area contributed by atoms with Crippen LogP contribution in [0.15, 0.2) is 16.8 Å². The maximum atomic E-state index is 12.2. The number of nitrogens with zero attached hydrogens (tertiary/aromatic N) is 1. The van der Waals surface area contributed by atoms with E-state index in [1.165, 1.54) is 17.3 Å². The fraction of sp³-hybridized carbons (Fsp3) is 0.750. The summed E-state index contributed by atoms with van der Waals surface area (Å²) in [7, 11) is 0. The number of hydrogen-bond acceptors (Lipinski definition) is 6. The highest BCUT2D eigenvalue weighted by molar-refractivity contribution is 7.98. The Morgan fingerprint density at radius 1 is 1.25 bits per heavy atom. The lowest BCUT2D eigenvalue weighted by Gasteiger charge is -2.58. The number of carboxylic acid groups (broad SMARTS) is 1. The van der Waals surface area contributed by atoms with Crippen LogP contribution in [0, 0.1) is 40.9 Å². The molecule has 0 heterocycles. The van der Waals surface area contributed by atoms with Crippen LogP contribution in [0.3, 0.4) is 0 Å². The summed E-state index contributed by atoms with van der Waals surface area (Å²) in [6, 6.07) is -0.914. The fourth-order valence-corrected chi connectivity index (χ4v) is 8.27. The van der Waals surface area contributed by atoms with Crippen LogP contribution in [0.5, 0.6) is 0 Å². The minimum atomic E-state index is -1.04. The second kappa shape index (κ2) is 10.4. The van der Waals surface area contributed by atoms with Gasteiger partial charge in [-0.2, -0.15) is 11.8 Å². The number of fused-ring (bicyclic) bond motifs is 5. The zero-order valence-electron chi connectivity index (χ0n) is 21.7. The highest BCUT2D eigenvalue weighted by Gasteiger charge is 2.63. The van der Waals surface area contributed by atoms with E-state index in [9.17, 15) is 19.8 Å². The minimum absolute atomic E-state index is 0.115. The summed E-state index contributed by atoms with van der Waals surface area (Å²) in [5.41, 5.74) is 1.21. The van der Waals surface area contributed by atoms with Crippen molar-refractivity contribution in [2.75, 3.05) is 18.6 Å². The van der Waals surface area contributed by atoms with E-state index in [1.54, 1.807) is 0 Å². The molecule has 1 amide bonds. The average molecular weight is 517 g/mol. The predicted molar refractivity (Wildman–Crippen MR) is 141 cm³/mol. The van der Waals surface area contributed by atoms with Crippen molar-refractivity contribution in [3.8, 4) is 12.3 Å². The molecule has 0 saturated heterocycles. The Bertz CT molecular complexity index is 989. The van der Waals surface area contributed by atoms with Gasteiger partial charge in [-0.25, -0.2) is 4.79 Å². The Morgan fingerprint density at radius 2 is 2.00 bits per heavy atom. The van der Waals surface area contributed by atoms with E-state index >= 15 is 0 Å². The molecule has 4 aliphatic rings. The maximum absolute atomic E-state index is 12.2. The molecule has 0 aliphatic heterocycles. The molecule has 7 atom stereocenters. The summed E-state index contributed by atoms with van der Waals surface area (Å²) in [5.74, 6) is 3.53. The topological polar surface area (TPSA) is 108 Å². The minimum Gasteiger partial charge on any atom is -0.480 e. The molecule has 4 rings (SSSR count). The Balaban J connectivity index is 1.38. The van der Waals surface area contributed by atoms with E-state index in [2.05, 4.69) is 36.3 Å². The molecule has 0 aromatic heterocycles. The Morgan fingerprint density at radius 3 is 2.69 bits per heavy atom. The number of carbonyl (C=O) groups is 2. The molecule has 0 aromatic rings. The molecule has 3 fully saturated rings. The second-order valence-corrected chi connectivity index (χ2v) is 12.6. The summed E-state index contributed by atoms with van der Waals surface area (Å²) in [5, 5.41) is 27.2. The number of oxime groups is 1. The molecule has 0 radical (unpaired) electrons. The van der Waals surface area contributed by atoms with Crippen molar-refractivity contribution in [2.24, 2.45) is 33.7 Å². The third-order valence-electron chi connectivity index (χ3n) is 9.99. The van der Waals surface area contributed by atoms with Gasteiger partial charge in [0, 0.05) is 5.41 Å². The van der Waals surface area contributed by atoms with Crippen molar-refractivity contribution >= 4 is 29.4 Å². The van der Waals surface area contributed by atoms with Gasteiger partial charge < -0.3 is 20.4 Å². The number of carbonyl (C=O) groups excluding carboxylic acids is 1. The van der Waals surface area contributed by atoms with Crippen molar-refractivity contribution in [1.29, 1.82) is 0 Å². The molecule has 4 aliphatic carbocycles. The highest BCUT2D eigenvalue weighted by atomic mass is 32.2. The number of carboxylic acids is 1. The molecular weight excluding hydrogens is 476 g/mol. The van der Waals surface area contributed by atoms with Crippen molar-refractivity contribution in [2.45, 2.75) is 83.3 Å². The average Bonchev–Trinajstić information content (AvgIpc) is 3.12. The van der Waals surface area contributed by atoms with E-state index in [4.69, 9.17) is 11.3 Å². The standard InChI is InChI=1S/C28H40N2O5S/c1-5-28(34)14-10-22-20-7-6-18-16-19(8-12-26(18,2)21(20)9-13-27(22,28)3)30-35-17-24(31)29-23(25(32)33)11-15-36-4/h1,16,20-23,34H,6-15,17H2,2-4H3,(H,29,31)(H,32,33)/t20-,21+,22+,23-,26+,27+,28-/m1/s1. The molecule has 3 saturated carbocycles. The van der Waals surface area contributed by atoms with Gasteiger partial charge in [-0.3, -0.25) is 4.79 Å². The lowest BCUT2D eigenvalue weighted by molar-refractivity contribution is -0.142. The quantitative estimate of drug-likeness (QED) is 0.332. The van der Waals surface area contributed by atoms with Crippen LogP contribution < -0.4 is 5.32 Å². The van der Waals surface area contributed by atoms with Gasteiger partial charge in [0.1, 0.15) is 11.6 Å². The van der Waals surface area contributed by atoms with E-state index in [1.807, 2.05) is 6.26 Å². The lowest BCUT2D eigenvalue weighted by atomic mass is 9.46. The van der Waals surface area contributed by atoms with E-state index in [0.717, 1.165) is 50.7 Å². The van der Waals surface area contributed by atoms with Gasteiger partial charge in [0.15, 0.2) is 6.61 Å². The summed E-state index contributed by atoms with van der Waals surface area (Å²) in [6.07, 6.45) is 17.9. The molecule has 198 valence electrons. The van der Waals surface area contributed by atoms with Gasteiger partial charge in [-0.1, -0.05) is 30.5 Å². The van der Waals surface area contributed by atoms with E-state index < -0.39 is 23.5 Å². The Labute approximate surface area is 218 Å². The lowest BCUT2D eigenvalue weighted by Crippen LogP contribution is -2.54. The predicted octanol–water partition coefficient (Wildman–Crippen LogP) is 4.01. The van der Waals surface area contributed by atoms with E-state index in [-0.39, 0.29) is 17.4 Å². The maximum Gasteiger partial charge on any atom is 0.326 e. The largest absolute Gasteiger partial charge is 0.480 e. The number of allylic oxidation sites excluding steroid dienone is 2. The van der Waals surface area contributed by atoms with Crippen molar-refractivity contribution < 1.29 is 24.6 Å². The van der Waals surface area contributed by atoms with Gasteiger partial charge in [-0.05, 0) is 99.0 Å². The molecule has 8 heteroatoms. The fourth-order valence-electron chi connectivity index (χ4n) is 7.80. The number of rotatable bonds is 8. The normalized spacial score (nSPS) is 39.1. The highest BCUT2D eigenvalue weighted by Crippen LogP contribution is 2.67. The third-order valence-corrected chi connectivity index (χ3v) is 10.6.